The highest BCUT2D eigenvalue weighted by Crippen LogP contribution is 2.29. The topological polar surface area (TPSA) is 77.4 Å². The quantitative estimate of drug-likeness (QED) is 0.672. The molecule has 1 aromatic heterocycles. The van der Waals surface area contributed by atoms with Crippen LogP contribution in [0.15, 0.2) is 30.5 Å². The smallest absolute Gasteiger partial charge is 0.387 e. The maximum atomic E-state index is 12.5. The Morgan fingerprint density at radius 2 is 2.21 bits per heavy atom. The molecule has 2 aromatic rings. The van der Waals surface area contributed by atoms with Crippen molar-refractivity contribution in [1.29, 1.82) is 0 Å². The molecule has 1 fully saturated rings. The fraction of sp³-hybridized carbons (Fsp3) is 0.474. The molecule has 1 unspecified atom stereocenters. The van der Waals surface area contributed by atoms with Gasteiger partial charge in [0.1, 0.15) is 5.69 Å². The Labute approximate surface area is 174 Å². The molecule has 160 valence electrons. The maximum absolute atomic E-state index is 12.5. The normalized spacial score (nSPS) is 16.2. The van der Waals surface area contributed by atoms with Gasteiger partial charge < -0.3 is 20.1 Å². The second kappa shape index (κ2) is 11.0. The number of piperidine rings is 1. The lowest BCUT2D eigenvalue weighted by Crippen LogP contribution is -2.32. The molecule has 2 N–H and O–H groups in total. The SMILES string of the molecule is CCOc1cc(CNC(=O)c2ccn(C3CCCNC3)n2)ccc1OC(F)F.Cl. The van der Waals surface area contributed by atoms with E-state index < -0.39 is 6.61 Å². The molecule has 0 radical (unpaired) electrons. The Balaban J connectivity index is 0.00000300. The third-order valence-corrected chi connectivity index (χ3v) is 4.46. The number of rotatable bonds is 8. The van der Waals surface area contributed by atoms with Crippen molar-refractivity contribution in [3.8, 4) is 11.5 Å². The Kier molecular flexibility index (Phi) is 8.66. The van der Waals surface area contributed by atoms with Gasteiger partial charge in [0.2, 0.25) is 0 Å². The number of alkyl halides is 2. The van der Waals surface area contributed by atoms with Gasteiger partial charge in [0.25, 0.3) is 5.91 Å². The van der Waals surface area contributed by atoms with Gasteiger partial charge in [-0.05, 0) is 50.1 Å². The van der Waals surface area contributed by atoms with Gasteiger partial charge in [-0.25, -0.2) is 0 Å². The number of hydrogen-bond donors (Lipinski definition) is 2. The fourth-order valence-corrected chi connectivity index (χ4v) is 3.12. The molecule has 1 aromatic carbocycles. The van der Waals surface area contributed by atoms with Gasteiger partial charge in [-0.1, -0.05) is 6.07 Å². The maximum Gasteiger partial charge on any atom is 0.387 e. The highest BCUT2D eigenvalue weighted by atomic mass is 35.5. The summed E-state index contributed by atoms with van der Waals surface area (Å²) in [5, 5.41) is 10.5. The summed E-state index contributed by atoms with van der Waals surface area (Å²) in [5.74, 6) is -0.122. The lowest BCUT2D eigenvalue weighted by molar-refractivity contribution is -0.0514. The second-order valence-corrected chi connectivity index (χ2v) is 6.46. The molecule has 1 atom stereocenters. The van der Waals surface area contributed by atoms with E-state index in [1.807, 2.05) is 10.9 Å². The molecule has 7 nitrogen and oxygen atoms in total. The Bertz CT molecular complexity index is 798. The van der Waals surface area contributed by atoms with Crippen molar-refractivity contribution in [2.45, 2.75) is 39.0 Å². The van der Waals surface area contributed by atoms with Crippen LogP contribution in [0.4, 0.5) is 8.78 Å². The average Bonchev–Trinajstić information content (AvgIpc) is 3.19. The predicted octanol–water partition coefficient (Wildman–Crippen LogP) is 3.16. The second-order valence-electron chi connectivity index (χ2n) is 6.46. The molecule has 29 heavy (non-hydrogen) atoms. The fourth-order valence-electron chi connectivity index (χ4n) is 3.12. The number of nitrogens with one attached hydrogen (secondary N) is 2. The molecule has 10 heteroatoms. The van der Waals surface area contributed by atoms with E-state index in [2.05, 4.69) is 20.5 Å². The molecular weight excluding hydrogens is 406 g/mol. The first-order valence-electron chi connectivity index (χ1n) is 9.31. The Morgan fingerprint density at radius 1 is 1.38 bits per heavy atom. The third kappa shape index (κ3) is 6.30. The van der Waals surface area contributed by atoms with Gasteiger partial charge in [-0.15, -0.1) is 12.4 Å². The summed E-state index contributed by atoms with van der Waals surface area (Å²) >= 11 is 0. The van der Waals surface area contributed by atoms with Gasteiger partial charge >= 0.3 is 6.61 Å². The van der Waals surface area contributed by atoms with Gasteiger partial charge in [-0.2, -0.15) is 13.9 Å². The van der Waals surface area contributed by atoms with E-state index in [4.69, 9.17) is 4.74 Å². The van der Waals surface area contributed by atoms with Crippen molar-refractivity contribution >= 4 is 18.3 Å². The summed E-state index contributed by atoms with van der Waals surface area (Å²) in [6.07, 6.45) is 3.93. The van der Waals surface area contributed by atoms with Crippen LogP contribution < -0.4 is 20.1 Å². The van der Waals surface area contributed by atoms with E-state index in [0.717, 1.165) is 25.9 Å². The van der Waals surface area contributed by atoms with E-state index >= 15 is 0 Å². The van der Waals surface area contributed by atoms with E-state index in [-0.39, 0.29) is 42.4 Å². The highest BCUT2D eigenvalue weighted by molar-refractivity contribution is 5.92. The van der Waals surface area contributed by atoms with Crippen LogP contribution >= 0.6 is 12.4 Å². The van der Waals surface area contributed by atoms with Crippen LogP contribution in [0.1, 0.15) is 41.9 Å². The minimum atomic E-state index is -2.93. The number of ether oxygens (including phenoxy) is 2. The first kappa shape index (κ1) is 22.9. The van der Waals surface area contributed by atoms with Crippen LogP contribution in [-0.4, -0.2) is 42.0 Å². The zero-order chi connectivity index (χ0) is 19.9. The Hall–Kier alpha value is -2.39. The molecular formula is C19H25ClF2N4O3. The van der Waals surface area contributed by atoms with Crippen LogP contribution in [-0.2, 0) is 6.54 Å². The van der Waals surface area contributed by atoms with E-state index in [9.17, 15) is 13.6 Å². The van der Waals surface area contributed by atoms with Crippen LogP contribution in [0.25, 0.3) is 0 Å². The summed E-state index contributed by atoms with van der Waals surface area (Å²) in [6, 6.07) is 6.53. The summed E-state index contributed by atoms with van der Waals surface area (Å²) in [6.45, 7) is 1.19. The van der Waals surface area contributed by atoms with Crippen LogP contribution in [0, 0.1) is 0 Å². The molecule has 2 heterocycles. The largest absolute Gasteiger partial charge is 0.490 e. The molecule has 1 aliphatic heterocycles. The number of carbonyl (C=O) groups excluding carboxylic acids is 1. The Morgan fingerprint density at radius 3 is 2.90 bits per heavy atom. The number of benzene rings is 1. The van der Waals surface area contributed by atoms with Gasteiger partial charge in [-0.3, -0.25) is 9.48 Å². The van der Waals surface area contributed by atoms with Crippen molar-refractivity contribution in [2.24, 2.45) is 0 Å². The number of hydrogen-bond acceptors (Lipinski definition) is 5. The summed E-state index contributed by atoms with van der Waals surface area (Å²) in [5.41, 5.74) is 1.04. The predicted molar refractivity (Wildman–Crippen MR) is 106 cm³/mol. The zero-order valence-corrected chi connectivity index (χ0v) is 16.9. The minimum Gasteiger partial charge on any atom is -0.490 e. The lowest BCUT2D eigenvalue weighted by Gasteiger charge is -2.22. The first-order chi connectivity index (χ1) is 13.6. The highest BCUT2D eigenvalue weighted by Gasteiger charge is 2.18. The first-order valence-corrected chi connectivity index (χ1v) is 9.31. The van der Waals surface area contributed by atoms with Crippen LogP contribution in [0.5, 0.6) is 11.5 Å². The zero-order valence-electron chi connectivity index (χ0n) is 16.1. The van der Waals surface area contributed by atoms with E-state index in [1.165, 1.54) is 6.07 Å². The van der Waals surface area contributed by atoms with Crippen molar-refractivity contribution in [3.05, 3.63) is 41.7 Å². The molecule has 1 amide bonds. The van der Waals surface area contributed by atoms with E-state index in [0.29, 0.717) is 17.9 Å². The lowest BCUT2D eigenvalue weighted by atomic mass is 10.1. The van der Waals surface area contributed by atoms with Crippen molar-refractivity contribution in [1.82, 2.24) is 20.4 Å². The van der Waals surface area contributed by atoms with Gasteiger partial charge in [0.05, 0.1) is 12.6 Å². The molecule has 0 aliphatic carbocycles. The summed E-state index contributed by atoms with van der Waals surface area (Å²) in [7, 11) is 0. The van der Waals surface area contributed by atoms with Crippen LogP contribution in [0.3, 0.4) is 0 Å². The van der Waals surface area contributed by atoms with Gasteiger partial charge in [0, 0.05) is 19.3 Å². The molecule has 0 saturated carbocycles. The molecule has 1 aliphatic rings. The number of amides is 1. The monoisotopic (exact) mass is 430 g/mol. The number of halogens is 3. The summed E-state index contributed by atoms with van der Waals surface area (Å²) in [4.78, 5) is 12.4. The third-order valence-electron chi connectivity index (χ3n) is 4.46. The van der Waals surface area contributed by atoms with Crippen molar-refractivity contribution in [3.63, 3.8) is 0 Å². The molecule has 3 rings (SSSR count). The van der Waals surface area contributed by atoms with Gasteiger partial charge in [0.15, 0.2) is 11.5 Å². The van der Waals surface area contributed by atoms with Crippen LogP contribution in [0.2, 0.25) is 0 Å². The van der Waals surface area contributed by atoms with E-state index in [1.54, 1.807) is 25.1 Å². The number of carbonyl (C=O) groups is 1. The standard InChI is InChI=1S/C19H24F2N4O3.ClH/c1-2-27-17-10-13(5-6-16(17)28-19(20)21)11-23-18(26)15-7-9-25(24-15)14-4-3-8-22-12-14;/h5-7,9-10,14,19,22H,2-4,8,11-12H2,1H3,(H,23,26);1H. The number of nitrogens with zero attached hydrogens (tertiary/aromatic N) is 2. The summed E-state index contributed by atoms with van der Waals surface area (Å²) < 4.78 is 36.6. The molecule has 0 bridgehead atoms. The van der Waals surface area contributed by atoms with Crippen molar-refractivity contribution in [2.75, 3.05) is 19.7 Å². The average molecular weight is 431 g/mol. The number of aromatic nitrogens is 2. The van der Waals surface area contributed by atoms with Crippen molar-refractivity contribution < 1.29 is 23.0 Å². The molecule has 0 spiro atoms. The molecule has 1 saturated heterocycles. The minimum absolute atomic E-state index is 0.